The van der Waals surface area contributed by atoms with Gasteiger partial charge in [0, 0.05) is 25.4 Å². The molecular formula is C14H14N2O4. The molecule has 0 aromatic carbocycles. The first-order valence-corrected chi connectivity index (χ1v) is 5.97. The number of rotatable bonds is 4. The van der Waals surface area contributed by atoms with Crippen LogP contribution in [0.2, 0.25) is 0 Å². The normalized spacial score (nSPS) is 10.3. The van der Waals surface area contributed by atoms with Gasteiger partial charge in [0.25, 0.3) is 5.91 Å². The largest absolute Gasteiger partial charge is 0.477 e. The SMILES string of the molecule is Cc1occc1CN(C)C(=O)c1ccc(C(=O)O)nc1. The van der Waals surface area contributed by atoms with Crippen LogP contribution in [0.5, 0.6) is 0 Å². The molecular weight excluding hydrogens is 260 g/mol. The predicted octanol–water partition coefficient (Wildman–Crippen LogP) is 1.95. The molecule has 6 nitrogen and oxygen atoms in total. The summed E-state index contributed by atoms with van der Waals surface area (Å²) in [5.74, 6) is -0.578. The van der Waals surface area contributed by atoms with E-state index in [1.165, 1.54) is 23.2 Å². The number of aromatic carboxylic acids is 1. The number of hydrogen-bond donors (Lipinski definition) is 1. The molecule has 0 saturated carbocycles. The molecule has 2 rings (SSSR count). The molecule has 0 spiro atoms. The Balaban J connectivity index is 2.10. The molecule has 0 saturated heterocycles. The first-order valence-electron chi connectivity index (χ1n) is 5.97. The molecule has 104 valence electrons. The number of carboxylic acid groups (broad SMARTS) is 1. The summed E-state index contributed by atoms with van der Waals surface area (Å²) in [7, 11) is 1.67. The summed E-state index contributed by atoms with van der Waals surface area (Å²) in [6.07, 6.45) is 2.84. The van der Waals surface area contributed by atoms with Crippen LogP contribution >= 0.6 is 0 Å². The second-order valence-electron chi connectivity index (χ2n) is 4.40. The van der Waals surface area contributed by atoms with Gasteiger partial charge < -0.3 is 14.4 Å². The van der Waals surface area contributed by atoms with Gasteiger partial charge in [-0.2, -0.15) is 0 Å². The maximum Gasteiger partial charge on any atom is 0.354 e. The average molecular weight is 274 g/mol. The van der Waals surface area contributed by atoms with Crippen molar-refractivity contribution >= 4 is 11.9 Å². The third kappa shape index (κ3) is 2.85. The lowest BCUT2D eigenvalue weighted by Crippen LogP contribution is -2.26. The Kier molecular flexibility index (Phi) is 3.84. The Morgan fingerprint density at radius 2 is 2.10 bits per heavy atom. The van der Waals surface area contributed by atoms with Crippen molar-refractivity contribution in [2.75, 3.05) is 7.05 Å². The average Bonchev–Trinajstić information content (AvgIpc) is 2.83. The molecule has 0 aliphatic carbocycles. The van der Waals surface area contributed by atoms with E-state index in [0.717, 1.165) is 11.3 Å². The minimum absolute atomic E-state index is 0.0881. The minimum atomic E-state index is -1.12. The second-order valence-corrected chi connectivity index (χ2v) is 4.40. The molecule has 20 heavy (non-hydrogen) atoms. The summed E-state index contributed by atoms with van der Waals surface area (Å²) in [4.78, 5) is 28.1. The number of carbonyl (C=O) groups excluding carboxylic acids is 1. The zero-order valence-corrected chi connectivity index (χ0v) is 11.2. The number of amides is 1. The van der Waals surface area contributed by atoms with E-state index >= 15 is 0 Å². The third-order valence-electron chi connectivity index (χ3n) is 2.95. The molecule has 0 bridgehead atoms. The lowest BCUT2D eigenvalue weighted by Gasteiger charge is -2.16. The molecule has 2 heterocycles. The highest BCUT2D eigenvalue weighted by Gasteiger charge is 2.15. The van der Waals surface area contributed by atoms with E-state index < -0.39 is 5.97 Å². The number of aryl methyl sites for hydroxylation is 1. The van der Waals surface area contributed by atoms with Gasteiger partial charge in [-0.05, 0) is 25.1 Å². The Morgan fingerprint density at radius 1 is 1.35 bits per heavy atom. The van der Waals surface area contributed by atoms with Crippen LogP contribution in [0.25, 0.3) is 0 Å². The van der Waals surface area contributed by atoms with Crippen LogP contribution in [0.4, 0.5) is 0 Å². The van der Waals surface area contributed by atoms with Crippen molar-refractivity contribution in [3.8, 4) is 0 Å². The highest BCUT2D eigenvalue weighted by atomic mass is 16.4. The van der Waals surface area contributed by atoms with E-state index in [4.69, 9.17) is 9.52 Å². The predicted molar refractivity (Wildman–Crippen MR) is 70.4 cm³/mol. The smallest absolute Gasteiger partial charge is 0.354 e. The van der Waals surface area contributed by atoms with Crippen molar-refractivity contribution in [3.63, 3.8) is 0 Å². The Labute approximate surface area is 115 Å². The highest BCUT2D eigenvalue weighted by Crippen LogP contribution is 2.13. The Bertz CT molecular complexity index is 631. The Hall–Kier alpha value is -2.63. The van der Waals surface area contributed by atoms with E-state index in [2.05, 4.69) is 4.98 Å². The molecule has 0 unspecified atom stereocenters. The van der Waals surface area contributed by atoms with E-state index in [-0.39, 0.29) is 11.6 Å². The third-order valence-corrected chi connectivity index (χ3v) is 2.95. The summed E-state index contributed by atoms with van der Waals surface area (Å²) in [5.41, 5.74) is 1.18. The minimum Gasteiger partial charge on any atom is -0.477 e. The van der Waals surface area contributed by atoms with Gasteiger partial charge in [-0.1, -0.05) is 0 Å². The van der Waals surface area contributed by atoms with Gasteiger partial charge in [0.05, 0.1) is 11.8 Å². The highest BCUT2D eigenvalue weighted by molar-refractivity contribution is 5.94. The summed E-state index contributed by atoms with van der Waals surface area (Å²) in [5, 5.41) is 8.76. The van der Waals surface area contributed by atoms with Crippen molar-refractivity contribution in [3.05, 3.63) is 53.2 Å². The van der Waals surface area contributed by atoms with Crippen molar-refractivity contribution in [1.29, 1.82) is 0 Å². The van der Waals surface area contributed by atoms with Gasteiger partial charge in [-0.25, -0.2) is 9.78 Å². The zero-order valence-electron chi connectivity index (χ0n) is 11.2. The van der Waals surface area contributed by atoms with Gasteiger partial charge in [0.2, 0.25) is 0 Å². The van der Waals surface area contributed by atoms with Crippen molar-refractivity contribution in [1.82, 2.24) is 9.88 Å². The van der Waals surface area contributed by atoms with Gasteiger partial charge in [-0.15, -0.1) is 0 Å². The summed E-state index contributed by atoms with van der Waals surface area (Å²) in [6, 6.07) is 4.58. The lowest BCUT2D eigenvalue weighted by molar-refractivity contribution is 0.0688. The fourth-order valence-electron chi connectivity index (χ4n) is 1.77. The summed E-state index contributed by atoms with van der Waals surface area (Å²) in [6.45, 7) is 2.25. The fraction of sp³-hybridized carbons (Fsp3) is 0.214. The van der Waals surface area contributed by atoms with E-state index in [1.54, 1.807) is 13.3 Å². The van der Waals surface area contributed by atoms with E-state index in [0.29, 0.717) is 12.1 Å². The van der Waals surface area contributed by atoms with Crippen LogP contribution in [0.1, 0.15) is 32.2 Å². The summed E-state index contributed by atoms with van der Waals surface area (Å²) < 4.78 is 5.18. The molecule has 1 N–H and O–H groups in total. The number of hydrogen-bond acceptors (Lipinski definition) is 4. The molecule has 0 aliphatic rings. The van der Waals surface area contributed by atoms with E-state index in [9.17, 15) is 9.59 Å². The van der Waals surface area contributed by atoms with Crippen molar-refractivity contribution in [2.24, 2.45) is 0 Å². The number of pyridine rings is 1. The standard InChI is InChI=1S/C14H14N2O4/c1-9-11(5-6-20-9)8-16(2)13(17)10-3-4-12(14(18)19)15-7-10/h3-7H,8H2,1-2H3,(H,18,19). The molecule has 2 aromatic rings. The monoisotopic (exact) mass is 274 g/mol. The van der Waals surface area contributed by atoms with Crippen LogP contribution < -0.4 is 0 Å². The van der Waals surface area contributed by atoms with Gasteiger partial charge >= 0.3 is 5.97 Å². The lowest BCUT2D eigenvalue weighted by atomic mass is 10.2. The molecule has 1 amide bonds. The van der Waals surface area contributed by atoms with Crippen LogP contribution in [0.15, 0.2) is 35.1 Å². The number of nitrogens with zero attached hydrogens (tertiary/aromatic N) is 2. The number of carbonyl (C=O) groups is 2. The molecule has 6 heteroatoms. The number of furan rings is 1. The van der Waals surface area contributed by atoms with E-state index in [1.807, 2.05) is 13.0 Å². The van der Waals surface area contributed by atoms with Gasteiger partial charge in [0.15, 0.2) is 0 Å². The topological polar surface area (TPSA) is 83.6 Å². The van der Waals surface area contributed by atoms with Crippen LogP contribution in [0.3, 0.4) is 0 Å². The van der Waals surface area contributed by atoms with Crippen molar-refractivity contribution < 1.29 is 19.1 Å². The fourth-order valence-corrected chi connectivity index (χ4v) is 1.77. The maximum atomic E-state index is 12.2. The maximum absolute atomic E-state index is 12.2. The van der Waals surface area contributed by atoms with Crippen LogP contribution in [-0.2, 0) is 6.54 Å². The first kappa shape index (κ1) is 13.8. The van der Waals surface area contributed by atoms with Gasteiger partial charge in [-0.3, -0.25) is 4.79 Å². The zero-order chi connectivity index (χ0) is 14.7. The summed E-state index contributed by atoms with van der Waals surface area (Å²) >= 11 is 0. The number of aromatic nitrogens is 1. The van der Waals surface area contributed by atoms with Crippen molar-refractivity contribution in [2.45, 2.75) is 13.5 Å². The first-order chi connectivity index (χ1) is 9.49. The molecule has 2 aromatic heterocycles. The van der Waals surface area contributed by atoms with Crippen LogP contribution in [-0.4, -0.2) is 33.9 Å². The Morgan fingerprint density at radius 3 is 2.60 bits per heavy atom. The van der Waals surface area contributed by atoms with Gasteiger partial charge in [0.1, 0.15) is 11.5 Å². The second kappa shape index (κ2) is 5.56. The van der Waals surface area contributed by atoms with Crippen LogP contribution in [0, 0.1) is 6.92 Å². The molecule has 0 aliphatic heterocycles. The number of carboxylic acids is 1. The molecule has 0 atom stereocenters. The molecule has 0 fully saturated rings. The quantitative estimate of drug-likeness (QED) is 0.921. The molecule has 0 radical (unpaired) electrons.